The third-order valence-electron chi connectivity index (χ3n) is 3.66. The van der Waals surface area contributed by atoms with Gasteiger partial charge in [0.1, 0.15) is 0 Å². The van der Waals surface area contributed by atoms with E-state index in [0.29, 0.717) is 13.0 Å². The highest BCUT2D eigenvalue weighted by Crippen LogP contribution is 2.16. The van der Waals surface area contributed by atoms with Crippen molar-refractivity contribution < 1.29 is 14.3 Å². The molecular weight excluding hydrogens is 304 g/mol. The highest BCUT2D eigenvalue weighted by molar-refractivity contribution is 5.95. The van der Waals surface area contributed by atoms with E-state index in [4.69, 9.17) is 0 Å². The maximum absolute atomic E-state index is 11.8. The van der Waals surface area contributed by atoms with Crippen LogP contribution in [0.2, 0.25) is 0 Å². The van der Waals surface area contributed by atoms with Crippen molar-refractivity contribution >= 4 is 28.9 Å². The SMILES string of the molecule is COC(=O)CCCCCNC(=O)/C=C/c1cccc2cccnc12. The van der Waals surface area contributed by atoms with E-state index in [1.54, 1.807) is 12.3 Å². The molecule has 0 aliphatic carbocycles. The van der Waals surface area contributed by atoms with Crippen LogP contribution in [0.15, 0.2) is 42.6 Å². The molecule has 5 heteroatoms. The molecule has 0 atom stereocenters. The van der Waals surface area contributed by atoms with Crippen molar-refractivity contribution in [2.45, 2.75) is 25.7 Å². The summed E-state index contributed by atoms with van der Waals surface area (Å²) < 4.78 is 4.58. The summed E-state index contributed by atoms with van der Waals surface area (Å²) in [5.74, 6) is -0.318. The number of para-hydroxylation sites is 1. The fourth-order valence-corrected chi connectivity index (χ4v) is 2.37. The number of carbonyl (C=O) groups excluding carboxylic acids is 2. The van der Waals surface area contributed by atoms with Crippen LogP contribution in [-0.4, -0.2) is 30.5 Å². The van der Waals surface area contributed by atoms with Gasteiger partial charge in [0.2, 0.25) is 5.91 Å². The number of nitrogens with one attached hydrogen (secondary N) is 1. The van der Waals surface area contributed by atoms with Crippen LogP contribution in [0.5, 0.6) is 0 Å². The quantitative estimate of drug-likeness (QED) is 0.460. The van der Waals surface area contributed by atoms with Crippen LogP contribution >= 0.6 is 0 Å². The highest BCUT2D eigenvalue weighted by Gasteiger charge is 2.01. The number of rotatable bonds is 8. The second-order valence-electron chi connectivity index (χ2n) is 5.43. The Morgan fingerprint density at radius 3 is 2.83 bits per heavy atom. The van der Waals surface area contributed by atoms with Crippen LogP contribution < -0.4 is 5.32 Å². The van der Waals surface area contributed by atoms with Crippen LogP contribution in [0.25, 0.3) is 17.0 Å². The number of pyridine rings is 1. The Hall–Kier alpha value is -2.69. The second-order valence-corrected chi connectivity index (χ2v) is 5.43. The van der Waals surface area contributed by atoms with Gasteiger partial charge in [0.15, 0.2) is 0 Å². The van der Waals surface area contributed by atoms with Gasteiger partial charge in [-0.05, 0) is 25.0 Å². The average Bonchev–Trinajstić information content (AvgIpc) is 2.62. The standard InChI is InChI=1S/C19H22N2O3/c1-24-18(23)10-3-2-4-13-20-17(22)12-11-16-8-5-7-15-9-6-14-21-19(15)16/h5-9,11-12,14H,2-4,10,13H2,1H3,(H,20,22)/b12-11+. The zero-order valence-electron chi connectivity index (χ0n) is 13.8. The molecule has 1 aromatic heterocycles. The number of hydrogen-bond donors (Lipinski definition) is 1. The fraction of sp³-hybridized carbons (Fsp3) is 0.316. The van der Waals surface area contributed by atoms with Gasteiger partial charge in [0.05, 0.1) is 12.6 Å². The Morgan fingerprint density at radius 2 is 2.00 bits per heavy atom. The Kier molecular flexibility index (Phi) is 6.95. The molecule has 0 aliphatic rings. The molecule has 1 aromatic carbocycles. The first kappa shape index (κ1) is 17.7. The molecule has 2 aromatic rings. The predicted octanol–water partition coefficient (Wildman–Crippen LogP) is 3.10. The van der Waals surface area contributed by atoms with Gasteiger partial charge in [0, 0.05) is 36.2 Å². The summed E-state index contributed by atoms with van der Waals surface area (Å²) in [6, 6.07) is 9.76. The molecule has 0 saturated heterocycles. The smallest absolute Gasteiger partial charge is 0.305 e. The summed E-state index contributed by atoms with van der Waals surface area (Å²) in [6.07, 6.45) is 7.98. The Morgan fingerprint density at radius 1 is 1.17 bits per heavy atom. The molecule has 0 unspecified atom stereocenters. The van der Waals surface area contributed by atoms with Gasteiger partial charge in [-0.2, -0.15) is 0 Å². The van der Waals surface area contributed by atoms with Crippen LogP contribution in [0.4, 0.5) is 0 Å². The first-order chi connectivity index (χ1) is 11.7. The Labute approximate surface area is 141 Å². The number of nitrogens with zero attached hydrogens (tertiary/aromatic N) is 1. The second kappa shape index (κ2) is 9.45. The highest BCUT2D eigenvalue weighted by atomic mass is 16.5. The van der Waals surface area contributed by atoms with E-state index in [1.807, 2.05) is 30.3 Å². The summed E-state index contributed by atoms with van der Waals surface area (Å²) in [4.78, 5) is 27.2. The van der Waals surface area contributed by atoms with Crippen molar-refractivity contribution in [3.05, 3.63) is 48.2 Å². The van der Waals surface area contributed by atoms with Crippen molar-refractivity contribution in [1.29, 1.82) is 0 Å². The van der Waals surface area contributed by atoms with Gasteiger partial charge in [-0.25, -0.2) is 0 Å². The monoisotopic (exact) mass is 326 g/mol. The maximum Gasteiger partial charge on any atom is 0.305 e. The minimum Gasteiger partial charge on any atom is -0.469 e. The van der Waals surface area contributed by atoms with E-state index < -0.39 is 0 Å². The number of benzene rings is 1. The first-order valence-corrected chi connectivity index (χ1v) is 8.07. The third kappa shape index (κ3) is 5.50. The molecule has 0 aliphatic heterocycles. The first-order valence-electron chi connectivity index (χ1n) is 8.07. The zero-order chi connectivity index (χ0) is 17.2. The number of amides is 1. The summed E-state index contributed by atoms with van der Waals surface area (Å²) in [7, 11) is 1.39. The number of unbranched alkanes of at least 4 members (excludes halogenated alkanes) is 2. The van der Waals surface area contributed by atoms with E-state index in [2.05, 4.69) is 15.0 Å². The van der Waals surface area contributed by atoms with E-state index in [-0.39, 0.29) is 11.9 Å². The molecule has 24 heavy (non-hydrogen) atoms. The largest absolute Gasteiger partial charge is 0.469 e. The minimum atomic E-state index is -0.189. The Bertz CT molecular complexity index is 720. The summed E-state index contributed by atoms with van der Waals surface area (Å²) in [6.45, 7) is 0.595. The normalized spacial score (nSPS) is 10.9. The molecule has 0 saturated carbocycles. The molecule has 0 fully saturated rings. The van der Waals surface area contributed by atoms with Crippen molar-refractivity contribution in [3.8, 4) is 0 Å². The topological polar surface area (TPSA) is 68.3 Å². The van der Waals surface area contributed by atoms with Gasteiger partial charge in [0.25, 0.3) is 0 Å². The average molecular weight is 326 g/mol. The molecule has 2 rings (SSSR count). The molecule has 1 amide bonds. The number of hydrogen-bond acceptors (Lipinski definition) is 4. The van der Waals surface area contributed by atoms with E-state index in [0.717, 1.165) is 35.7 Å². The zero-order valence-corrected chi connectivity index (χ0v) is 13.8. The third-order valence-corrected chi connectivity index (χ3v) is 3.66. The van der Waals surface area contributed by atoms with Gasteiger partial charge in [-0.15, -0.1) is 0 Å². The number of carbonyl (C=O) groups is 2. The lowest BCUT2D eigenvalue weighted by atomic mass is 10.1. The number of fused-ring (bicyclic) bond motifs is 1. The van der Waals surface area contributed by atoms with Crippen LogP contribution in [0.1, 0.15) is 31.2 Å². The summed E-state index contributed by atoms with van der Waals surface area (Å²) >= 11 is 0. The van der Waals surface area contributed by atoms with Crippen molar-refractivity contribution in [2.24, 2.45) is 0 Å². The molecule has 1 heterocycles. The van der Waals surface area contributed by atoms with Gasteiger partial charge >= 0.3 is 5.97 Å². The van der Waals surface area contributed by atoms with Gasteiger partial charge in [-0.1, -0.05) is 30.7 Å². The molecule has 126 valence electrons. The van der Waals surface area contributed by atoms with Crippen LogP contribution in [-0.2, 0) is 14.3 Å². The molecular formula is C19H22N2O3. The van der Waals surface area contributed by atoms with Crippen LogP contribution in [0.3, 0.4) is 0 Å². The van der Waals surface area contributed by atoms with Crippen molar-refractivity contribution in [2.75, 3.05) is 13.7 Å². The maximum atomic E-state index is 11.8. The lowest BCUT2D eigenvalue weighted by Crippen LogP contribution is -2.22. The molecule has 1 N–H and O–H groups in total. The molecule has 0 spiro atoms. The van der Waals surface area contributed by atoms with E-state index in [1.165, 1.54) is 13.2 Å². The molecule has 5 nitrogen and oxygen atoms in total. The van der Waals surface area contributed by atoms with Crippen molar-refractivity contribution in [1.82, 2.24) is 10.3 Å². The van der Waals surface area contributed by atoms with E-state index in [9.17, 15) is 9.59 Å². The molecule has 0 radical (unpaired) electrons. The predicted molar refractivity (Wildman–Crippen MR) is 94.3 cm³/mol. The summed E-state index contributed by atoms with van der Waals surface area (Å²) in [5, 5.41) is 3.89. The minimum absolute atomic E-state index is 0.129. The van der Waals surface area contributed by atoms with Gasteiger partial charge < -0.3 is 10.1 Å². The van der Waals surface area contributed by atoms with Crippen LogP contribution in [0, 0.1) is 0 Å². The number of aromatic nitrogens is 1. The lowest BCUT2D eigenvalue weighted by Gasteiger charge is -2.03. The van der Waals surface area contributed by atoms with Crippen molar-refractivity contribution in [3.63, 3.8) is 0 Å². The van der Waals surface area contributed by atoms with Gasteiger partial charge in [-0.3, -0.25) is 14.6 Å². The summed E-state index contributed by atoms with van der Waals surface area (Å²) in [5.41, 5.74) is 1.80. The number of methoxy groups -OCH3 is 1. The Balaban J connectivity index is 1.76. The van der Waals surface area contributed by atoms with E-state index >= 15 is 0 Å². The fourth-order valence-electron chi connectivity index (χ4n) is 2.37. The molecule has 0 bridgehead atoms. The lowest BCUT2D eigenvalue weighted by molar-refractivity contribution is -0.140. The number of esters is 1. The number of ether oxygens (including phenoxy) is 1.